The summed E-state index contributed by atoms with van der Waals surface area (Å²) in [6, 6.07) is -1.39. The zero-order chi connectivity index (χ0) is 12.5. The molecule has 3 unspecified atom stereocenters. The number of β-amino-alcohol motifs (C(OH)–C–C–N with tert-alkyl or cyclic N) is 1. The maximum atomic E-state index is 11.9. The van der Waals surface area contributed by atoms with Crippen LogP contribution in [0.15, 0.2) is 0 Å². The molecule has 0 aromatic carbocycles. The molecular formula is C10H19N3O3. The molecule has 0 aromatic rings. The van der Waals surface area contributed by atoms with E-state index < -0.39 is 24.1 Å². The van der Waals surface area contributed by atoms with Crippen molar-refractivity contribution in [3.63, 3.8) is 0 Å². The largest absolute Gasteiger partial charge is 0.391 e. The Balaban J connectivity index is 2.78. The molecule has 0 aromatic heterocycles. The fourth-order valence-corrected chi connectivity index (χ4v) is 1.80. The van der Waals surface area contributed by atoms with Crippen LogP contribution in [0.3, 0.4) is 0 Å². The number of amides is 2. The summed E-state index contributed by atoms with van der Waals surface area (Å²) in [6.45, 7) is 3.79. The maximum absolute atomic E-state index is 11.9. The Morgan fingerprint density at radius 1 is 1.44 bits per heavy atom. The van der Waals surface area contributed by atoms with Crippen LogP contribution in [0, 0.1) is 5.92 Å². The van der Waals surface area contributed by atoms with Crippen LogP contribution in [0.2, 0.25) is 0 Å². The van der Waals surface area contributed by atoms with Crippen LogP contribution in [0.25, 0.3) is 0 Å². The molecule has 0 aliphatic carbocycles. The lowest BCUT2D eigenvalue weighted by Crippen LogP contribution is -2.51. The third-order valence-electron chi connectivity index (χ3n) is 2.89. The first-order valence-electron chi connectivity index (χ1n) is 5.38. The quantitative estimate of drug-likeness (QED) is 0.542. The average molecular weight is 229 g/mol. The molecule has 0 bridgehead atoms. The highest BCUT2D eigenvalue weighted by Crippen LogP contribution is 2.19. The minimum absolute atomic E-state index is 0.0150. The van der Waals surface area contributed by atoms with Crippen LogP contribution in [0.4, 0.5) is 0 Å². The molecule has 6 nitrogen and oxygen atoms in total. The number of aliphatic hydroxyl groups excluding tert-OH is 1. The Morgan fingerprint density at radius 2 is 2.00 bits per heavy atom. The fraction of sp³-hybridized carbons (Fsp3) is 0.800. The van der Waals surface area contributed by atoms with E-state index in [1.54, 1.807) is 0 Å². The molecule has 0 spiro atoms. The van der Waals surface area contributed by atoms with Gasteiger partial charge in [0.2, 0.25) is 11.8 Å². The Hall–Kier alpha value is -1.14. The van der Waals surface area contributed by atoms with Crippen molar-refractivity contribution in [3.8, 4) is 0 Å². The number of primary amides is 1. The third-order valence-corrected chi connectivity index (χ3v) is 2.89. The summed E-state index contributed by atoms with van der Waals surface area (Å²) >= 11 is 0. The minimum atomic E-state index is -0.729. The first kappa shape index (κ1) is 12.9. The number of rotatable bonds is 3. The smallest absolute Gasteiger partial charge is 0.240 e. The van der Waals surface area contributed by atoms with Gasteiger partial charge in [-0.15, -0.1) is 0 Å². The summed E-state index contributed by atoms with van der Waals surface area (Å²) in [6.07, 6.45) is -0.493. The SMILES string of the molecule is CC(C)C(N)C(=O)N1CC(O)CC1C(N)=O. The molecule has 16 heavy (non-hydrogen) atoms. The number of hydrogen-bond donors (Lipinski definition) is 3. The van der Waals surface area contributed by atoms with E-state index in [2.05, 4.69) is 0 Å². The van der Waals surface area contributed by atoms with Crippen LogP contribution in [0.1, 0.15) is 20.3 Å². The van der Waals surface area contributed by atoms with Crippen molar-refractivity contribution in [2.45, 2.75) is 38.5 Å². The predicted octanol–water partition coefficient (Wildman–Crippen LogP) is -1.58. The van der Waals surface area contributed by atoms with Gasteiger partial charge in [0, 0.05) is 13.0 Å². The van der Waals surface area contributed by atoms with Gasteiger partial charge in [0.25, 0.3) is 0 Å². The van der Waals surface area contributed by atoms with Gasteiger partial charge in [0.1, 0.15) is 6.04 Å². The van der Waals surface area contributed by atoms with Crippen molar-refractivity contribution in [1.29, 1.82) is 0 Å². The van der Waals surface area contributed by atoms with E-state index >= 15 is 0 Å². The molecule has 6 heteroatoms. The number of carbonyl (C=O) groups excluding carboxylic acids is 2. The number of likely N-dealkylation sites (tertiary alicyclic amines) is 1. The van der Waals surface area contributed by atoms with Crippen molar-refractivity contribution in [2.75, 3.05) is 6.54 Å². The van der Waals surface area contributed by atoms with E-state index in [0.717, 1.165) is 0 Å². The Kier molecular flexibility index (Phi) is 3.88. The van der Waals surface area contributed by atoms with Gasteiger partial charge in [-0.3, -0.25) is 9.59 Å². The van der Waals surface area contributed by atoms with Gasteiger partial charge in [-0.1, -0.05) is 13.8 Å². The van der Waals surface area contributed by atoms with Crippen LogP contribution in [-0.2, 0) is 9.59 Å². The normalized spacial score (nSPS) is 27.2. The van der Waals surface area contributed by atoms with Crippen LogP contribution >= 0.6 is 0 Å². The van der Waals surface area contributed by atoms with Crippen molar-refractivity contribution >= 4 is 11.8 Å². The van der Waals surface area contributed by atoms with Crippen LogP contribution in [0.5, 0.6) is 0 Å². The molecule has 1 aliphatic rings. The van der Waals surface area contributed by atoms with E-state index in [1.807, 2.05) is 13.8 Å². The van der Waals surface area contributed by atoms with Crippen LogP contribution in [-0.4, -0.2) is 46.6 Å². The highest BCUT2D eigenvalue weighted by atomic mass is 16.3. The lowest BCUT2D eigenvalue weighted by atomic mass is 10.0. The lowest BCUT2D eigenvalue weighted by molar-refractivity contribution is -0.139. The Bertz CT molecular complexity index is 293. The van der Waals surface area contributed by atoms with Crippen molar-refractivity contribution in [1.82, 2.24) is 4.90 Å². The van der Waals surface area contributed by atoms with Crippen molar-refractivity contribution in [2.24, 2.45) is 17.4 Å². The van der Waals surface area contributed by atoms with E-state index in [4.69, 9.17) is 11.5 Å². The summed E-state index contributed by atoms with van der Waals surface area (Å²) in [5.41, 5.74) is 10.9. The second kappa shape index (κ2) is 4.80. The molecule has 0 radical (unpaired) electrons. The molecule has 1 heterocycles. The van der Waals surface area contributed by atoms with E-state index in [9.17, 15) is 14.7 Å². The summed E-state index contributed by atoms with van der Waals surface area (Å²) in [5, 5.41) is 9.45. The van der Waals surface area contributed by atoms with Gasteiger partial charge < -0.3 is 21.5 Å². The topological polar surface area (TPSA) is 110 Å². The molecular weight excluding hydrogens is 210 g/mol. The van der Waals surface area contributed by atoms with Gasteiger partial charge in [0.05, 0.1) is 12.1 Å². The van der Waals surface area contributed by atoms with E-state index in [0.29, 0.717) is 0 Å². The maximum Gasteiger partial charge on any atom is 0.240 e. The highest BCUT2D eigenvalue weighted by molar-refractivity contribution is 5.89. The molecule has 1 fully saturated rings. The summed E-state index contributed by atoms with van der Waals surface area (Å²) in [4.78, 5) is 24.3. The zero-order valence-electron chi connectivity index (χ0n) is 9.59. The number of nitrogens with two attached hydrogens (primary N) is 2. The number of hydrogen-bond acceptors (Lipinski definition) is 4. The van der Waals surface area contributed by atoms with E-state index in [-0.39, 0.29) is 24.8 Å². The lowest BCUT2D eigenvalue weighted by Gasteiger charge is -2.26. The highest BCUT2D eigenvalue weighted by Gasteiger charge is 2.39. The monoisotopic (exact) mass is 229 g/mol. The summed E-state index contributed by atoms with van der Waals surface area (Å²) < 4.78 is 0. The molecule has 0 saturated carbocycles. The third kappa shape index (κ3) is 2.51. The van der Waals surface area contributed by atoms with Gasteiger partial charge in [-0.05, 0) is 5.92 Å². The van der Waals surface area contributed by atoms with Gasteiger partial charge in [-0.25, -0.2) is 0 Å². The first-order valence-corrected chi connectivity index (χ1v) is 5.38. The molecule has 2 amide bonds. The standard InChI is InChI=1S/C10H19N3O3/c1-5(2)8(11)10(16)13-4-6(14)3-7(13)9(12)15/h5-8,14H,3-4,11H2,1-2H3,(H2,12,15). The number of nitrogens with zero attached hydrogens (tertiary/aromatic N) is 1. The number of aliphatic hydroxyl groups is 1. The molecule has 1 saturated heterocycles. The summed E-state index contributed by atoms with van der Waals surface area (Å²) in [7, 11) is 0. The molecule has 5 N–H and O–H groups in total. The molecule has 92 valence electrons. The Labute approximate surface area is 94.6 Å². The predicted molar refractivity (Wildman–Crippen MR) is 58.1 cm³/mol. The van der Waals surface area contributed by atoms with E-state index in [1.165, 1.54) is 4.90 Å². The van der Waals surface area contributed by atoms with Crippen molar-refractivity contribution in [3.05, 3.63) is 0 Å². The summed E-state index contributed by atoms with van der Waals surface area (Å²) in [5.74, 6) is -0.935. The molecule has 1 aliphatic heterocycles. The van der Waals surface area contributed by atoms with Crippen LogP contribution < -0.4 is 11.5 Å². The minimum Gasteiger partial charge on any atom is -0.391 e. The second-order valence-corrected chi connectivity index (χ2v) is 4.57. The first-order chi connectivity index (χ1) is 7.34. The van der Waals surface area contributed by atoms with Gasteiger partial charge >= 0.3 is 0 Å². The molecule has 3 atom stereocenters. The number of carbonyl (C=O) groups is 2. The van der Waals surface area contributed by atoms with Crippen molar-refractivity contribution < 1.29 is 14.7 Å². The van der Waals surface area contributed by atoms with Gasteiger partial charge in [-0.2, -0.15) is 0 Å². The molecule has 1 rings (SSSR count). The second-order valence-electron chi connectivity index (χ2n) is 4.57. The average Bonchev–Trinajstić information content (AvgIpc) is 2.58. The van der Waals surface area contributed by atoms with Gasteiger partial charge in [0.15, 0.2) is 0 Å². The fourth-order valence-electron chi connectivity index (χ4n) is 1.80. The Morgan fingerprint density at radius 3 is 2.44 bits per heavy atom. The zero-order valence-corrected chi connectivity index (χ0v) is 9.59.